The van der Waals surface area contributed by atoms with E-state index in [2.05, 4.69) is 29.4 Å². The SMILES string of the molecule is CC(C)Sc1cn2cncc2s1. The van der Waals surface area contributed by atoms with Crippen molar-refractivity contribution in [1.29, 1.82) is 0 Å². The number of aromatic nitrogens is 2. The second-order valence-electron chi connectivity index (χ2n) is 2.86. The van der Waals surface area contributed by atoms with Crippen LogP contribution in [0.2, 0.25) is 0 Å². The normalized spacial score (nSPS) is 11.6. The third-order valence-electron chi connectivity index (χ3n) is 1.43. The van der Waals surface area contributed by atoms with Crippen LogP contribution in [0, 0.1) is 0 Å². The monoisotopic (exact) mass is 198 g/mol. The quantitative estimate of drug-likeness (QED) is 0.690. The Balaban J connectivity index is 2.32. The number of rotatable bonds is 2. The number of nitrogens with zero attached hydrogens (tertiary/aromatic N) is 2. The van der Waals surface area contributed by atoms with Gasteiger partial charge in [0.1, 0.15) is 4.83 Å². The van der Waals surface area contributed by atoms with Gasteiger partial charge in [0.2, 0.25) is 0 Å². The second-order valence-corrected chi connectivity index (χ2v) is 5.79. The minimum absolute atomic E-state index is 0.654. The Morgan fingerprint density at radius 3 is 3.08 bits per heavy atom. The van der Waals surface area contributed by atoms with Gasteiger partial charge >= 0.3 is 0 Å². The summed E-state index contributed by atoms with van der Waals surface area (Å²) in [5, 5.41) is 0.654. The molecule has 0 N–H and O–H groups in total. The van der Waals surface area contributed by atoms with Gasteiger partial charge in [-0.05, 0) is 0 Å². The molecule has 0 unspecified atom stereocenters. The average molecular weight is 198 g/mol. The fraction of sp³-hybridized carbons (Fsp3) is 0.375. The second kappa shape index (κ2) is 3.11. The Morgan fingerprint density at radius 1 is 1.58 bits per heavy atom. The van der Waals surface area contributed by atoms with Crippen LogP contribution in [0.3, 0.4) is 0 Å². The van der Waals surface area contributed by atoms with E-state index in [1.807, 2.05) is 24.3 Å². The Kier molecular flexibility index (Phi) is 2.11. The molecule has 4 heteroatoms. The molecule has 2 rings (SSSR count). The fourth-order valence-electron chi connectivity index (χ4n) is 0.998. The van der Waals surface area contributed by atoms with E-state index in [4.69, 9.17) is 0 Å². The van der Waals surface area contributed by atoms with Gasteiger partial charge in [-0.1, -0.05) is 13.8 Å². The molecule has 0 aromatic carbocycles. The van der Waals surface area contributed by atoms with E-state index < -0.39 is 0 Å². The Morgan fingerprint density at radius 2 is 2.42 bits per heavy atom. The van der Waals surface area contributed by atoms with Crippen molar-refractivity contribution in [3.63, 3.8) is 0 Å². The van der Waals surface area contributed by atoms with Gasteiger partial charge < -0.3 is 0 Å². The summed E-state index contributed by atoms with van der Waals surface area (Å²) in [4.78, 5) is 5.27. The number of hydrogen-bond donors (Lipinski definition) is 0. The molecule has 0 fully saturated rings. The molecule has 0 bridgehead atoms. The summed E-state index contributed by atoms with van der Waals surface area (Å²) in [6, 6.07) is 0. The van der Waals surface area contributed by atoms with E-state index in [9.17, 15) is 0 Å². The first-order valence-electron chi connectivity index (χ1n) is 3.84. The van der Waals surface area contributed by atoms with Crippen molar-refractivity contribution < 1.29 is 0 Å². The molecule has 0 aliphatic rings. The molecule has 0 atom stereocenters. The van der Waals surface area contributed by atoms with Crippen molar-refractivity contribution in [2.24, 2.45) is 0 Å². The maximum Gasteiger partial charge on any atom is 0.120 e. The summed E-state index contributed by atoms with van der Waals surface area (Å²) in [6.45, 7) is 4.41. The molecular weight excluding hydrogens is 188 g/mol. The lowest BCUT2D eigenvalue weighted by Gasteiger charge is -1.98. The first kappa shape index (κ1) is 8.13. The van der Waals surface area contributed by atoms with E-state index >= 15 is 0 Å². The van der Waals surface area contributed by atoms with Crippen LogP contribution in [0.1, 0.15) is 13.8 Å². The highest BCUT2D eigenvalue weighted by molar-refractivity contribution is 8.01. The molecule has 0 saturated carbocycles. The first-order chi connectivity index (χ1) is 5.75. The largest absolute Gasteiger partial charge is 0.296 e. The Labute approximate surface area is 79.6 Å². The average Bonchev–Trinajstić information content (AvgIpc) is 2.43. The zero-order valence-electron chi connectivity index (χ0n) is 7.02. The van der Waals surface area contributed by atoms with Gasteiger partial charge in [-0.25, -0.2) is 4.98 Å². The van der Waals surface area contributed by atoms with Crippen LogP contribution in [0.15, 0.2) is 22.9 Å². The molecule has 0 aliphatic heterocycles. The molecule has 2 heterocycles. The fourth-order valence-corrected chi connectivity index (χ4v) is 3.35. The molecule has 0 amide bonds. The smallest absolute Gasteiger partial charge is 0.120 e. The zero-order valence-corrected chi connectivity index (χ0v) is 8.65. The van der Waals surface area contributed by atoms with E-state index in [1.165, 1.54) is 9.04 Å². The highest BCUT2D eigenvalue weighted by Crippen LogP contribution is 2.30. The van der Waals surface area contributed by atoms with Gasteiger partial charge in [0.15, 0.2) is 0 Å². The lowest BCUT2D eigenvalue weighted by Crippen LogP contribution is -1.82. The Hall–Kier alpha value is -0.480. The molecule has 0 radical (unpaired) electrons. The van der Waals surface area contributed by atoms with Gasteiger partial charge in [0.25, 0.3) is 0 Å². The molecule has 2 aromatic heterocycles. The van der Waals surface area contributed by atoms with Crippen LogP contribution < -0.4 is 0 Å². The topological polar surface area (TPSA) is 17.3 Å². The van der Waals surface area contributed by atoms with Crippen LogP contribution in [0.25, 0.3) is 4.83 Å². The van der Waals surface area contributed by atoms with Gasteiger partial charge in [-0.3, -0.25) is 4.40 Å². The molecule has 2 aromatic rings. The lowest BCUT2D eigenvalue weighted by atomic mass is 10.6. The molecule has 0 saturated heterocycles. The maximum absolute atomic E-state index is 4.05. The van der Waals surface area contributed by atoms with Crippen molar-refractivity contribution in [2.45, 2.75) is 23.3 Å². The number of thiazole rings is 1. The first-order valence-corrected chi connectivity index (χ1v) is 5.53. The van der Waals surface area contributed by atoms with Crippen LogP contribution in [-0.2, 0) is 0 Å². The maximum atomic E-state index is 4.05. The zero-order chi connectivity index (χ0) is 8.55. The van der Waals surface area contributed by atoms with Crippen molar-refractivity contribution in [3.8, 4) is 0 Å². The predicted molar refractivity (Wildman–Crippen MR) is 54.1 cm³/mol. The van der Waals surface area contributed by atoms with Crippen molar-refractivity contribution in [1.82, 2.24) is 9.38 Å². The summed E-state index contributed by atoms with van der Waals surface area (Å²) in [6.07, 6.45) is 5.88. The Bertz CT molecular complexity index is 346. The van der Waals surface area contributed by atoms with E-state index in [0.717, 1.165) is 0 Å². The molecular formula is C8H10N2S2. The summed E-state index contributed by atoms with van der Waals surface area (Å²) in [5.74, 6) is 0. The standard InChI is InChI=1S/C8H10N2S2/c1-6(2)11-8-4-10-5-9-3-7(10)12-8/h3-6H,1-2H3. The third kappa shape index (κ3) is 1.49. The predicted octanol–water partition coefficient (Wildman–Crippen LogP) is 2.90. The van der Waals surface area contributed by atoms with E-state index in [0.29, 0.717) is 5.25 Å². The van der Waals surface area contributed by atoms with Gasteiger partial charge in [0.05, 0.1) is 16.7 Å². The third-order valence-corrected chi connectivity index (χ3v) is 3.61. The molecule has 64 valence electrons. The molecule has 0 aliphatic carbocycles. The number of hydrogen-bond acceptors (Lipinski definition) is 3. The van der Waals surface area contributed by atoms with Crippen molar-refractivity contribution in [2.75, 3.05) is 0 Å². The van der Waals surface area contributed by atoms with Gasteiger partial charge in [-0.2, -0.15) is 0 Å². The number of fused-ring (bicyclic) bond motifs is 1. The van der Waals surface area contributed by atoms with Crippen LogP contribution in [0.4, 0.5) is 0 Å². The van der Waals surface area contributed by atoms with Gasteiger partial charge in [0, 0.05) is 11.4 Å². The summed E-state index contributed by atoms with van der Waals surface area (Å²) in [5.41, 5.74) is 0. The molecule has 2 nitrogen and oxygen atoms in total. The van der Waals surface area contributed by atoms with E-state index in [1.54, 1.807) is 11.3 Å². The summed E-state index contributed by atoms with van der Waals surface area (Å²) >= 11 is 3.69. The highest BCUT2D eigenvalue weighted by Gasteiger charge is 2.03. The number of thioether (sulfide) groups is 1. The lowest BCUT2D eigenvalue weighted by molar-refractivity contribution is 1.11. The molecule has 0 spiro atoms. The van der Waals surface area contributed by atoms with Crippen LogP contribution >= 0.6 is 23.1 Å². The van der Waals surface area contributed by atoms with Crippen LogP contribution in [0.5, 0.6) is 0 Å². The van der Waals surface area contributed by atoms with Gasteiger partial charge in [-0.15, -0.1) is 23.1 Å². The van der Waals surface area contributed by atoms with Crippen molar-refractivity contribution >= 4 is 27.9 Å². The summed E-state index contributed by atoms with van der Waals surface area (Å²) < 4.78 is 3.43. The minimum atomic E-state index is 0.654. The molecule has 12 heavy (non-hydrogen) atoms. The van der Waals surface area contributed by atoms with Crippen LogP contribution in [-0.4, -0.2) is 14.6 Å². The van der Waals surface area contributed by atoms with E-state index in [-0.39, 0.29) is 0 Å². The summed E-state index contributed by atoms with van der Waals surface area (Å²) in [7, 11) is 0. The minimum Gasteiger partial charge on any atom is -0.296 e. The highest BCUT2D eigenvalue weighted by atomic mass is 32.2. The number of imidazole rings is 1. The van der Waals surface area contributed by atoms with Crippen molar-refractivity contribution in [3.05, 3.63) is 18.7 Å².